The Kier molecular flexibility index (Phi) is 4.56. The van der Waals surface area contributed by atoms with E-state index >= 15 is 0 Å². The standard InChI is InChI=1S/C8H16O4S/c1-6(2)5-8(7(3)9)12-13(4,10)11/h6,8H,5H2,1-4H3. The van der Waals surface area contributed by atoms with Gasteiger partial charge < -0.3 is 0 Å². The Labute approximate surface area is 79.4 Å². The maximum atomic E-state index is 11.0. The molecule has 0 aliphatic heterocycles. The van der Waals surface area contributed by atoms with E-state index in [9.17, 15) is 13.2 Å². The normalized spacial score (nSPS) is 14.5. The molecule has 0 heterocycles. The van der Waals surface area contributed by atoms with E-state index in [1.807, 2.05) is 13.8 Å². The molecule has 78 valence electrons. The van der Waals surface area contributed by atoms with Gasteiger partial charge in [-0.05, 0) is 19.3 Å². The van der Waals surface area contributed by atoms with Crippen LogP contribution in [-0.2, 0) is 19.1 Å². The van der Waals surface area contributed by atoms with Crippen molar-refractivity contribution in [1.82, 2.24) is 0 Å². The molecule has 0 aliphatic rings. The summed E-state index contributed by atoms with van der Waals surface area (Å²) in [5.41, 5.74) is 0. The number of carbonyl (C=O) groups is 1. The molecule has 0 amide bonds. The minimum absolute atomic E-state index is 0.232. The minimum atomic E-state index is -3.53. The van der Waals surface area contributed by atoms with E-state index in [1.54, 1.807) is 0 Å². The summed E-state index contributed by atoms with van der Waals surface area (Å²) in [5.74, 6) is -0.0187. The summed E-state index contributed by atoms with van der Waals surface area (Å²) in [4.78, 5) is 11.0. The Hall–Kier alpha value is -0.420. The highest BCUT2D eigenvalue weighted by Gasteiger charge is 2.21. The molecule has 0 fully saturated rings. The fourth-order valence-electron chi connectivity index (χ4n) is 0.912. The van der Waals surface area contributed by atoms with Gasteiger partial charge in [-0.1, -0.05) is 13.8 Å². The Morgan fingerprint density at radius 2 is 1.85 bits per heavy atom. The van der Waals surface area contributed by atoms with Crippen LogP contribution >= 0.6 is 0 Å². The zero-order valence-corrected chi connectivity index (χ0v) is 9.22. The van der Waals surface area contributed by atoms with Gasteiger partial charge in [0.2, 0.25) is 0 Å². The Morgan fingerprint density at radius 1 is 1.38 bits per heavy atom. The van der Waals surface area contributed by atoms with Crippen molar-refractivity contribution in [1.29, 1.82) is 0 Å². The molecule has 0 spiro atoms. The van der Waals surface area contributed by atoms with E-state index in [-0.39, 0.29) is 11.7 Å². The molecule has 1 unspecified atom stereocenters. The fraction of sp³-hybridized carbons (Fsp3) is 0.875. The van der Waals surface area contributed by atoms with Gasteiger partial charge in [0.05, 0.1) is 6.26 Å². The van der Waals surface area contributed by atoms with Crippen molar-refractivity contribution in [3.63, 3.8) is 0 Å². The number of ketones is 1. The molecule has 0 rings (SSSR count). The molecule has 0 saturated carbocycles. The van der Waals surface area contributed by atoms with Crippen LogP contribution < -0.4 is 0 Å². The fourth-order valence-corrected chi connectivity index (χ4v) is 1.55. The van der Waals surface area contributed by atoms with Crippen molar-refractivity contribution in [2.24, 2.45) is 5.92 Å². The predicted octanol–water partition coefficient (Wildman–Crippen LogP) is 0.966. The van der Waals surface area contributed by atoms with Gasteiger partial charge >= 0.3 is 0 Å². The number of Topliss-reactive ketones (excluding diaryl/α,β-unsaturated/α-hetero) is 1. The van der Waals surface area contributed by atoms with Crippen LogP contribution in [0.15, 0.2) is 0 Å². The number of hydrogen-bond acceptors (Lipinski definition) is 4. The van der Waals surface area contributed by atoms with Crippen LogP contribution in [0.1, 0.15) is 27.2 Å². The first-order chi connectivity index (χ1) is 5.72. The summed E-state index contributed by atoms with van der Waals surface area (Å²) < 4.78 is 26.1. The maximum Gasteiger partial charge on any atom is 0.265 e. The van der Waals surface area contributed by atoms with Gasteiger partial charge in [-0.2, -0.15) is 8.42 Å². The highest BCUT2D eigenvalue weighted by Crippen LogP contribution is 2.11. The molecular weight excluding hydrogens is 192 g/mol. The Morgan fingerprint density at radius 3 is 2.08 bits per heavy atom. The van der Waals surface area contributed by atoms with Crippen molar-refractivity contribution in [2.75, 3.05) is 6.26 Å². The van der Waals surface area contributed by atoms with Gasteiger partial charge in [0, 0.05) is 0 Å². The van der Waals surface area contributed by atoms with E-state index < -0.39 is 16.2 Å². The highest BCUT2D eigenvalue weighted by atomic mass is 32.2. The summed E-state index contributed by atoms with van der Waals surface area (Å²) in [6.45, 7) is 5.14. The topological polar surface area (TPSA) is 60.4 Å². The lowest BCUT2D eigenvalue weighted by molar-refractivity contribution is -0.124. The van der Waals surface area contributed by atoms with Crippen LogP contribution in [0.25, 0.3) is 0 Å². The third-order valence-electron chi connectivity index (χ3n) is 1.43. The molecule has 0 bridgehead atoms. The molecule has 4 nitrogen and oxygen atoms in total. The average Bonchev–Trinajstić information content (AvgIpc) is 1.81. The first kappa shape index (κ1) is 12.6. The van der Waals surface area contributed by atoms with Crippen molar-refractivity contribution < 1.29 is 17.4 Å². The zero-order valence-electron chi connectivity index (χ0n) is 8.40. The van der Waals surface area contributed by atoms with E-state index in [0.29, 0.717) is 6.42 Å². The second-order valence-electron chi connectivity index (χ2n) is 3.53. The van der Waals surface area contributed by atoms with Crippen LogP contribution in [0.2, 0.25) is 0 Å². The average molecular weight is 208 g/mol. The smallest absolute Gasteiger partial charge is 0.265 e. The first-order valence-electron chi connectivity index (χ1n) is 4.11. The summed E-state index contributed by atoms with van der Waals surface area (Å²) >= 11 is 0. The molecule has 0 radical (unpaired) electrons. The van der Waals surface area contributed by atoms with Gasteiger partial charge in [0.1, 0.15) is 6.10 Å². The molecule has 0 saturated heterocycles. The molecule has 0 aromatic heterocycles. The second kappa shape index (κ2) is 4.72. The van der Waals surface area contributed by atoms with Gasteiger partial charge in [0.25, 0.3) is 10.1 Å². The van der Waals surface area contributed by atoms with Crippen LogP contribution in [0, 0.1) is 5.92 Å². The van der Waals surface area contributed by atoms with Crippen LogP contribution in [0.5, 0.6) is 0 Å². The molecule has 1 atom stereocenters. The third-order valence-corrected chi connectivity index (χ3v) is 2.01. The Bertz CT molecular complexity index is 266. The van der Waals surface area contributed by atoms with Crippen LogP contribution in [-0.4, -0.2) is 26.6 Å². The van der Waals surface area contributed by atoms with E-state index in [0.717, 1.165) is 6.26 Å². The molecule has 0 aromatic rings. The summed E-state index contributed by atoms with van der Waals surface area (Å²) in [5, 5.41) is 0. The van der Waals surface area contributed by atoms with Gasteiger partial charge in [0.15, 0.2) is 5.78 Å². The molecule has 0 aromatic carbocycles. The summed E-state index contributed by atoms with van der Waals surface area (Å²) in [6.07, 6.45) is 0.557. The lowest BCUT2D eigenvalue weighted by Gasteiger charge is -2.14. The lowest BCUT2D eigenvalue weighted by atomic mass is 10.0. The van der Waals surface area contributed by atoms with Crippen LogP contribution in [0.3, 0.4) is 0 Å². The SMILES string of the molecule is CC(=O)C(CC(C)C)OS(C)(=O)=O. The lowest BCUT2D eigenvalue weighted by Crippen LogP contribution is -2.26. The zero-order chi connectivity index (χ0) is 10.6. The van der Waals surface area contributed by atoms with E-state index in [2.05, 4.69) is 4.18 Å². The largest absolute Gasteiger partial charge is 0.297 e. The van der Waals surface area contributed by atoms with Gasteiger partial charge in [-0.25, -0.2) is 0 Å². The number of rotatable bonds is 5. The van der Waals surface area contributed by atoms with Gasteiger partial charge in [-0.15, -0.1) is 0 Å². The maximum absolute atomic E-state index is 11.0. The quantitative estimate of drug-likeness (QED) is 0.631. The first-order valence-corrected chi connectivity index (χ1v) is 5.92. The van der Waals surface area contributed by atoms with Crippen molar-refractivity contribution in [3.8, 4) is 0 Å². The van der Waals surface area contributed by atoms with Gasteiger partial charge in [-0.3, -0.25) is 8.98 Å². The molecule has 5 heteroatoms. The predicted molar refractivity (Wildman–Crippen MR) is 49.9 cm³/mol. The van der Waals surface area contributed by atoms with E-state index in [4.69, 9.17) is 0 Å². The van der Waals surface area contributed by atoms with E-state index in [1.165, 1.54) is 6.92 Å². The monoisotopic (exact) mass is 208 g/mol. The number of carbonyl (C=O) groups excluding carboxylic acids is 1. The van der Waals surface area contributed by atoms with Crippen molar-refractivity contribution >= 4 is 15.9 Å². The number of hydrogen-bond donors (Lipinski definition) is 0. The molecule has 13 heavy (non-hydrogen) atoms. The Balaban J connectivity index is 4.37. The van der Waals surface area contributed by atoms with Crippen molar-refractivity contribution in [3.05, 3.63) is 0 Å². The minimum Gasteiger partial charge on any atom is -0.297 e. The van der Waals surface area contributed by atoms with Crippen molar-refractivity contribution in [2.45, 2.75) is 33.3 Å². The second-order valence-corrected chi connectivity index (χ2v) is 5.13. The summed E-state index contributed by atoms with van der Waals surface area (Å²) in [7, 11) is -3.53. The third kappa shape index (κ3) is 6.72. The van der Waals surface area contributed by atoms with Crippen LogP contribution in [0.4, 0.5) is 0 Å². The molecular formula is C8H16O4S. The molecule has 0 aliphatic carbocycles. The highest BCUT2D eigenvalue weighted by molar-refractivity contribution is 7.86. The molecule has 0 N–H and O–H groups in total. The summed E-state index contributed by atoms with van der Waals surface area (Å²) in [6, 6.07) is 0.